The van der Waals surface area contributed by atoms with Gasteiger partial charge in [0.15, 0.2) is 0 Å². The second kappa shape index (κ2) is 5.21. The molecule has 114 valence electrons. The smallest absolute Gasteiger partial charge is 0.228 e. The van der Waals surface area contributed by atoms with Crippen LogP contribution in [0.1, 0.15) is 19.3 Å². The molecule has 1 saturated heterocycles. The average molecular weight is 297 g/mol. The van der Waals surface area contributed by atoms with Crippen LogP contribution in [0.2, 0.25) is 0 Å². The van der Waals surface area contributed by atoms with Gasteiger partial charge in [0.2, 0.25) is 5.91 Å². The lowest BCUT2D eigenvalue weighted by atomic mass is 9.92. The number of rotatable bonds is 3. The first kappa shape index (κ1) is 13.5. The lowest BCUT2D eigenvalue weighted by molar-refractivity contribution is -0.118. The Balaban J connectivity index is 1.40. The molecular weight excluding hydrogens is 278 g/mol. The van der Waals surface area contributed by atoms with Crippen molar-refractivity contribution in [3.05, 3.63) is 36.7 Å². The Labute approximate surface area is 128 Å². The van der Waals surface area contributed by atoms with E-state index in [0.29, 0.717) is 0 Å². The van der Waals surface area contributed by atoms with E-state index >= 15 is 0 Å². The van der Waals surface area contributed by atoms with Gasteiger partial charge in [0.25, 0.3) is 0 Å². The molecule has 1 aliphatic heterocycles. The molecule has 6 heteroatoms. The van der Waals surface area contributed by atoms with Gasteiger partial charge >= 0.3 is 0 Å². The minimum atomic E-state index is 0.162. The number of carbonyl (C=O) groups excluding carboxylic acids is 1. The van der Waals surface area contributed by atoms with Crippen molar-refractivity contribution in [1.29, 1.82) is 0 Å². The molecule has 1 saturated carbocycles. The highest BCUT2D eigenvalue weighted by molar-refractivity contribution is 5.95. The molecule has 2 aromatic rings. The van der Waals surface area contributed by atoms with Gasteiger partial charge in [-0.15, -0.1) is 5.10 Å². The maximum Gasteiger partial charge on any atom is 0.228 e. The highest BCUT2D eigenvalue weighted by atomic mass is 16.2. The van der Waals surface area contributed by atoms with E-state index in [1.165, 1.54) is 0 Å². The Kier molecular flexibility index (Phi) is 3.18. The van der Waals surface area contributed by atoms with Gasteiger partial charge in [-0.1, -0.05) is 5.21 Å². The fourth-order valence-corrected chi connectivity index (χ4v) is 3.47. The van der Waals surface area contributed by atoms with Crippen molar-refractivity contribution in [3.63, 3.8) is 0 Å². The van der Waals surface area contributed by atoms with Crippen LogP contribution in [-0.2, 0) is 4.79 Å². The third kappa shape index (κ3) is 2.39. The van der Waals surface area contributed by atoms with Crippen LogP contribution < -0.4 is 10.6 Å². The number of carbonyl (C=O) groups is 1. The number of benzene rings is 1. The quantitative estimate of drug-likeness (QED) is 0.902. The molecule has 2 aliphatic rings. The zero-order chi connectivity index (χ0) is 15.0. The molecule has 1 atom stereocenters. The van der Waals surface area contributed by atoms with Crippen LogP contribution in [0.25, 0.3) is 5.69 Å². The summed E-state index contributed by atoms with van der Waals surface area (Å²) in [6, 6.07) is 7.67. The Bertz CT molecular complexity index is 658. The van der Waals surface area contributed by atoms with Crippen LogP contribution in [0.15, 0.2) is 36.7 Å². The standard InChI is InChI=1S/C16H19N5O/c22-15(14-11-16(14)5-7-17-8-6-16)19-12-1-3-13(4-2-12)21-10-9-18-20-21/h1-4,9-10,14,17H,5-8,11H2,(H,19,22). The number of aromatic nitrogens is 3. The van der Waals surface area contributed by atoms with Crippen LogP contribution in [0.5, 0.6) is 0 Å². The van der Waals surface area contributed by atoms with Gasteiger partial charge in [0.05, 0.1) is 18.1 Å². The molecule has 2 heterocycles. The Morgan fingerprint density at radius 2 is 2.05 bits per heavy atom. The molecule has 0 radical (unpaired) electrons. The molecule has 1 aromatic carbocycles. The summed E-state index contributed by atoms with van der Waals surface area (Å²) in [6.45, 7) is 2.08. The van der Waals surface area contributed by atoms with Crippen molar-refractivity contribution in [3.8, 4) is 5.69 Å². The van der Waals surface area contributed by atoms with Gasteiger partial charge in [0, 0.05) is 11.6 Å². The summed E-state index contributed by atoms with van der Waals surface area (Å²) >= 11 is 0. The normalized spacial score (nSPS) is 22.5. The van der Waals surface area contributed by atoms with Crippen molar-refractivity contribution in [2.45, 2.75) is 19.3 Å². The van der Waals surface area contributed by atoms with Crippen LogP contribution in [0, 0.1) is 11.3 Å². The predicted octanol–water partition coefficient (Wildman–Crippen LogP) is 1.60. The monoisotopic (exact) mass is 297 g/mol. The summed E-state index contributed by atoms with van der Waals surface area (Å²) in [4.78, 5) is 12.4. The Morgan fingerprint density at radius 1 is 1.27 bits per heavy atom. The Hall–Kier alpha value is -2.21. The summed E-state index contributed by atoms with van der Waals surface area (Å²) in [5.74, 6) is 0.347. The number of hydrogen-bond donors (Lipinski definition) is 2. The van der Waals surface area contributed by atoms with Crippen molar-refractivity contribution in [2.75, 3.05) is 18.4 Å². The van der Waals surface area contributed by atoms with E-state index in [-0.39, 0.29) is 17.2 Å². The van der Waals surface area contributed by atoms with Crippen LogP contribution >= 0.6 is 0 Å². The molecule has 2 N–H and O–H groups in total. The van der Waals surface area contributed by atoms with Gasteiger partial charge in [-0.25, -0.2) is 4.68 Å². The summed E-state index contributed by atoms with van der Waals surface area (Å²) < 4.78 is 1.69. The van der Waals surface area contributed by atoms with E-state index in [0.717, 1.165) is 43.7 Å². The van der Waals surface area contributed by atoms with E-state index in [1.54, 1.807) is 17.1 Å². The number of hydrogen-bond acceptors (Lipinski definition) is 4. The summed E-state index contributed by atoms with van der Waals surface area (Å²) in [7, 11) is 0. The molecule has 4 rings (SSSR count). The van der Waals surface area contributed by atoms with Crippen molar-refractivity contribution >= 4 is 11.6 Å². The van der Waals surface area contributed by atoms with Gasteiger partial charge < -0.3 is 10.6 Å². The number of nitrogens with zero attached hydrogens (tertiary/aromatic N) is 3. The van der Waals surface area contributed by atoms with Gasteiger partial charge in [-0.2, -0.15) is 0 Å². The van der Waals surface area contributed by atoms with Gasteiger partial charge in [0.1, 0.15) is 0 Å². The fraction of sp³-hybridized carbons (Fsp3) is 0.438. The van der Waals surface area contributed by atoms with Crippen molar-refractivity contribution in [1.82, 2.24) is 20.3 Å². The molecule has 1 aromatic heterocycles. The topological polar surface area (TPSA) is 71.8 Å². The zero-order valence-electron chi connectivity index (χ0n) is 12.3. The number of nitrogens with one attached hydrogen (secondary N) is 2. The maximum absolute atomic E-state index is 12.4. The first-order valence-corrected chi connectivity index (χ1v) is 7.75. The van der Waals surface area contributed by atoms with E-state index in [1.807, 2.05) is 24.3 Å². The second-order valence-electron chi connectivity index (χ2n) is 6.25. The largest absolute Gasteiger partial charge is 0.326 e. The number of amides is 1. The van der Waals surface area contributed by atoms with Crippen LogP contribution in [-0.4, -0.2) is 34.0 Å². The molecule has 0 bridgehead atoms. The molecule has 6 nitrogen and oxygen atoms in total. The maximum atomic E-state index is 12.4. The van der Waals surface area contributed by atoms with Crippen LogP contribution in [0.4, 0.5) is 5.69 Å². The molecule has 1 spiro atoms. The molecule has 2 fully saturated rings. The number of anilines is 1. The lowest BCUT2D eigenvalue weighted by Gasteiger charge is -2.23. The molecule has 22 heavy (non-hydrogen) atoms. The summed E-state index contributed by atoms with van der Waals surface area (Å²) in [5, 5.41) is 14.1. The van der Waals surface area contributed by atoms with E-state index in [9.17, 15) is 4.79 Å². The highest BCUT2D eigenvalue weighted by Gasteiger charge is 2.57. The zero-order valence-corrected chi connectivity index (χ0v) is 12.3. The lowest BCUT2D eigenvalue weighted by Crippen LogP contribution is -2.31. The minimum Gasteiger partial charge on any atom is -0.326 e. The molecular formula is C16H19N5O. The van der Waals surface area contributed by atoms with E-state index in [4.69, 9.17) is 0 Å². The average Bonchev–Trinajstić information content (AvgIpc) is 3.00. The molecule has 1 unspecified atom stereocenters. The van der Waals surface area contributed by atoms with Crippen molar-refractivity contribution in [2.24, 2.45) is 11.3 Å². The molecule has 1 amide bonds. The predicted molar refractivity (Wildman–Crippen MR) is 82.6 cm³/mol. The first-order valence-electron chi connectivity index (χ1n) is 7.75. The fourth-order valence-electron chi connectivity index (χ4n) is 3.47. The Morgan fingerprint density at radius 3 is 2.73 bits per heavy atom. The summed E-state index contributed by atoms with van der Waals surface area (Å²) in [6.07, 6.45) is 6.71. The SMILES string of the molecule is O=C(Nc1ccc(-n2ccnn2)cc1)C1CC12CCNCC2. The highest BCUT2D eigenvalue weighted by Crippen LogP contribution is 2.58. The van der Waals surface area contributed by atoms with E-state index < -0.39 is 0 Å². The van der Waals surface area contributed by atoms with E-state index in [2.05, 4.69) is 20.9 Å². The second-order valence-corrected chi connectivity index (χ2v) is 6.25. The van der Waals surface area contributed by atoms with Crippen LogP contribution in [0.3, 0.4) is 0 Å². The third-order valence-electron chi connectivity index (χ3n) is 4.93. The summed E-state index contributed by atoms with van der Waals surface area (Å²) in [5.41, 5.74) is 2.04. The first-order chi connectivity index (χ1) is 10.8. The third-order valence-corrected chi connectivity index (χ3v) is 4.93. The van der Waals surface area contributed by atoms with Crippen molar-refractivity contribution < 1.29 is 4.79 Å². The minimum absolute atomic E-state index is 0.162. The van der Waals surface area contributed by atoms with Gasteiger partial charge in [-0.05, 0) is 62.0 Å². The number of piperidine rings is 1. The van der Waals surface area contributed by atoms with Gasteiger partial charge in [-0.3, -0.25) is 4.79 Å². The molecule has 1 aliphatic carbocycles.